The quantitative estimate of drug-likeness (QED) is 0.240. The molecule has 2 aromatic carbocycles. The minimum atomic E-state index is -4.37. The van der Waals surface area contributed by atoms with Crippen LogP contribution in [0.3, 0.4) is 0 Å². The fraction of sp³-hybridized carbons (Fsp3) is 0.500. The highest BCUT2D eigenvalue weighted by atomic mass is 32.1. The number of ether oxygens (including phenoxy) is 2. The molecular formula is C28H35F3N4O4S. The second kappa shape index (κ2) is 14.7. The van der Waals surface area contributed by atoms with Gasteiger partial charge in [-0.1, -0.05) is 29.5 Å². The summed E-state index contributed by atoms with van der Waals surface area (Å²) in [7, 11) is 2.10. The molecule has 0 spiro atoms. The van der Waals surface area contributed by atoms with Crippen molar-refractivity contribution in [2.24, 2.45) is 5.16 Å². The maximum Gasteiger partial charge on any atom is 0.416 e. The molecule has 0 aromatic heterocycles. The molecule has 2 aliphatic rings. The zero-order valence-electron chi connectivity index (χ0n) is 22.5. The first kappa shape index (κ1) is 30.2. The Morgan fingerprint density at radius 3 is 2.35 bits per heavy atom. The number of nitrogens with one attached hydrogen (secondary N) is 1. The van der Waals surface area contributed by atoms with Crippen LogP contribution in [0.25, 0.3) is 0 Å². The van der Waals surface area contributed by atoms with E-state index in [4.69, 9.17) is 31.4 Å². The van der Waals surface area contributed by atoms with Crippen LogP contribution in [0.1, 0.15) is 29.5 Å². The number of thiocarbonyl (C=S) groups is 1. The van der Waals surface area contributed by atoms with Crippen LogP contribution in [0.2, 0.25) is 0 Å². The number of rotatable bonds is 11. The van der Waals surface area contributed by atoms with Crippen molar-refractivity contribution in [3.8, 4) is 5.75 Å². The third-order valence-electron chi connectivity index (χ3n) is 6.73. The number of alkyl halides is 3. The van der Waals surface area contributed by atoms with E-state index in [2.05, 4.69) is 27.5 Å². The van der Waals surface area contributed by atoms with Crippen LogP contribution in [0.5, 0.6) is 5.75 Å². The van der Waals surface area contributed by atoms with Gasteiger partial charge in [0.1, 0.15) is 29.7 Å². The molecule has 2 aliphatic heterocycles. The highest BCUT2D eigenvalue weighted by Crippen LogP contribution is 2.29. The monoisotopic (exact) mass is 580 g/mol. The van der Waals surface area contributed by atoms with Crippen molar-refractivity contribution >= 4 is 22.9 Å². The van der Waals surface area contributed by atoms with Crippen LogP contribution in [0.15, 0.2) is 53.7 Å². The fourth-order valence-electron chi connectivity index (χ4n) is 4.29. The summed E-state index contributed by atoms with van der Waals surface area (Å²) in [5.41, 5.74) is 4.28. The number of oxime groups is 1. The third-order valence-corrected chi connectivity index (χ3v) is 6.93. The maximum atomic E-state index is 12.8. The molecule has 4 rings (SSSR count). The average Bonchev–Trinajstić information content (AvgIpc) is 2.96. The van der Waals surface area contributed by atoms with E-state index in [0.29, 0.717) is 41.8 Å². The second-order valence-corrected chi connectivity index (χ2v) is 10.3. The molecule has 2 fully saturated rings. The van der Waals surface area contributed by atoms with Gasteiger partial charge in [0.05, 0.1) is 24.9 Å². The van der Waals surface area contributed by atoms with Crippen LogP contribution in [-0.2, 0) is 27.2 Å². The normalized spacial score (nSPS) is 17.9. The molecule has 40 heavy (non-hydrogen) atoms. The predicted molar refractivity (Wildman–Crippen MR) is 149 cm³/mol. The molecule has 0 radical (unpaired) electrons. The lowest BCUT2D eigenvalue weighted by atomic mass is 10.1. The molecule has 1 N–H and O–H groups in total. The Kier molecular flexibility index (Phi) is 11.1. The Hall–Kier alpha value is -2.77. The summed E-state index contributed by atoms with van der Waals surface area (Å²) in [4.78, 5) is 16.2. The van der Waals surface area contributed by atoms with Crippen molar-refractivity contribution in [1.29, 1.82) is 0 Å². The summed E-state index contributed by atoms with van der Waals surface area (Å²) >= 11 is 5.34. The number of benzene rings is 2. The van der Waals surface area contributed by atoms with Gasteiger partial charge >= 0.3 is 6.18 Å². The topological polar surface area (TPSA) is 67.8 Å². The zero-order valence-corrected chi connectivity index (χ0v) is 23.3. The highest BCUT2D eigenvalue weighted by molar-refractivity contribution is 7.80. The Balaban J connectivity index is 1.31. The summed E-state index contributed by atoms with van der Waals surface area (Å²) in [6.07, 6.45) is -2.33. The van der Waals surface area contributed by atoms with Crippen LogP contribution < -0.4 is 10.2 Å². The van der Waals surface area contributed by atoms with Gasteiger partial charge in [0, 0.05) is 38.3 Å². The molecular weight excluding hydrogens is 545 g/mol. The minimum absolute atomic E-state index is 0.0516. The van der Waals surface area contributed by atoms with E-state index >= 15 is 0 Å². The van der Waals surface area contributed by atoms with E-state index in [1.54, 1.807) is 0 Å². The summed E-state index contributed by atoms with van der Waals surface area (Å²) in [5.74, 6) is 0.642. The molecule has 8 nitrogen and oxygen atoms in total. The highest BCUT2D eigenvalue weighted by Gasteiger charge is 2.30. The Labute approximate surface area is 237 Å². The number of hydrogen-bond acceptors (Lipinski definition) is 8. The van der Waals surface area contributed by atoms with E-state index < -0.39 is 11.7 Å². The fourth-order valence-corrected chi connectivity index (χ4v) is 4.40. The first-order chi connectivity index (χ1) is 19.3. The molecule has 0 amide bonds. The SMILES string of the molecule is CN1CCC(ONC(=S)COc2ccc(/C(CN3CCOCC3)=N\OCc3ccc(C(F)(F)F)cc3)cc2)CC1. The standard InChI is InChI=1S/C28H35F3N4O4S/c1-34-12-10-25(11-13-34)39-33-27(40)20-37-24-8-4-22(5-9-24)26(18-35-14-16-36-17-15-35)32-38-19-21-2-6-23(7-3-21)28(29,30)31/h2-9,25H,10-20H2,1H3,(H,33,40)/b32-26-. The van der Waals surface area contributed by atoms with Crippen molar-refractivity contribution in [3.05, 3.63) is 65.2 Å². The number of halogens is 3. The van der Waals surface area contributed by atoms with E-state index in [-0.39, 0.29) is 19.3 Å². The average molecular weight is 581 g/mol. The number of likely N-dealkylation sites (tertiary alicyclic amines) is 1. The van der Waals surface area contributed by atoms with Crippen molar-refractivity contribution in [3.63, 3.8) is 0 Å². The van der Waals surface area contributed by atoms with Crippen molar-refractivity contribution in [2.75, 3.05) is 59.6 Å². The Bertz CT molecular complexity index is 1100. The van der Waals surface area contributed by atoms with Crippen LogP contribution >= 0.6 is 12.2 Å². The van der Waals surface area contributed by atoms with Gasteiger partial charge in [0.15, 0.2) is 0 Å². The number of piperidine rings is 1. The van der Waals surface area contributed by atoms with Gasteiger partial charge in [-0.05, 0) is 61.9 Å². The minimum Gasteiger partial charge on any atom is -0.486 e. The van der Waals surface area contributed by atoms with E-state index in [0.717, 1.165) is 56.7 Å². The molecule has 0 aliphatic carbocycles. The number of morpholine rings is 1. The molecule has 2 heterocycles. The molecule has 2 aromatic rings. The number of hydrogen-bond donors (Lipinski definition) is 1. The Morgan fingerprint density at radius 2 is 1.70 bits per heavy atom. The molecule has 0 bridgehead atoms. The lowest BCUT2D eigenvalue weighted by Gasteiger charge is -2.28. The molecule has 0 unspecified atom stereocenters. The van der Waals surface area contributed by atoms with Gasteiger partial charge in [-0.25, -0.2) is 0 Å². The summed E-state index contributed by atoms with van der Waals surface area (Å²) in [6, 6.07) is 12.3. The van der Waals surface area contributed by atoms with Crippen molar-refractivity contribution in [1.82, 2.24) is 15.3 Å². The van der Waals surface area contributed by atoms with E-state index in [1.807, 2.05) is 24.3 Å². The molecule has 0 saturated carbocycles. The largest absolute Gasteiger partial charge is 0.486 e. The lowest BCUT2D eigenvalue weighted by molar-refractivity contribution is -0.137. The third kappa shape index (κ3) is 9.70. The van der Waals surface area contributed by atoms with Crippen LogP contribution in [0.4, 0.5) is 13.2 Å². The van der Waals surface area contributed by atoms with Gasteiger partial charge in [-0.2, -0.15) is 13.2 Å². The van der Waals surface area contributed by atoms with E-state index in [1.165, 1.54) is 12.1 Å². The molecule has 218 valence electrons. The van der Waals surface area contributed by atoms with Gasteiger partial charge in [-0.3, -0.25) is 15.2 Å². The zero-order chi connectivity index (χ0) is 28.4. The van der Waals surface area contributed by atoms with Gasteiger partial charge < -0.3 is 19.2 Å². The second-order valence-electron chi connectivity index (χ2n) is 9.85. The summed E-state index contributed by atoms with van der Waals surface area (Å²) < 4.78 is 49.7. The van der Waals surface area contributed by atoms with Gasteiger partial charge in [0.25, 0.3) is 0 Å². The molecule has 2 saturated heterocycles. The first-order valence-corrected chi connectivity index (χ1v) is 13.7. The molecule has 12 heteroatoms. The van der Waals surface area contributed by atoms with Crippen LogP contribution in [-0.4, -0.2) is 86.2 Å². The maximum absolute atomic E-state index is 12.8. The van der Waals surface area contributed by atoms with Gasteiger partial charge in [0.2, 0.25) is 0 Å². The van der Waals surface area contributed by atoms with Crippen LogP contribution in [0, 0.1) is 0 Å². The smallest absolute Gasteiger partial charge is 0.416 e. The number of nitrogens with zero attached hydrogens (tertiary/aromatic N) is 3. The van der Waals surface area contributed by atoms with E-state index in [9.17, 15) is 13.2 Å². The lowest BCUT2D eigenvalue weighted by Crippen LogP contribution is -2.39. The predicted octanol–water partition coefficient (Wildman–Crippen LogP) is 4.28. The van der Waals surface area contributed by atoms with Crippen molar-refractivity contribution < 1.29 is 32.3 Å². The van der Waals surface area contributed by atoms with Gasteiger partial charge in [-0.15, -0.1) is 0 Å². The summed E-state index contributed by atoms with van der Waals surface area (Å²) in [6.45, 7) is 5.59. The summed E-state index contributed by atoms with van der Waals surface area (Å²) in [5, 5.41) is 4.35. The molecule has 0 atom stereocenters. The van der Waals surface area contributed by atoms with Crippen molar-refractivity contribution in [2.45, 2.75) is 31.7 Å². The number of hydroxylamine groups is 1. The Morgan fingerprint density at radius 1 is 1.02 bits per heavy atom. The first-order valence-electron chi connectivity index (χ1n) is 13.3.